The van der Waals surface area contributed by atoms with Gasteiger partial charge in [-0.25, -0.2) is 19.2 Å². The Morgan fingerprint density at radius 2 is 0.718 bits per heavy atom. The van der Waals surface area contributed by atoms with Crippen molar-refractivity contribution in [1.82, 2.24) is 0 Å². The van der Waals surface area contributed by atoms with E-state index in [1.807, 2.05) is 0 Å². The molecular weight excluding hydrogens is 496 g/mol. The van der Waals surface area contributed by atoms with Crippen LogP contribution in [0.1, 0.15) is 63.7 Å². The highest BCUT2D eigenvalue weighted by Gasteiger charge is 2.20. The number of benzene rings is 4. The van der Waals surface area contributed by atoms with Gasteiger partial charge in [0.2, 0.25) is 0 Å². The molecular formula is C32H26O7. The summed E-state index contributed by atoms with van der Waals surface area (Å²) in [6.07, 6.45) is 0. The van der Waals surface area contributed by atoms with Crippen LogP contribution in [0.2, 0.25) is 0 Å². The van der Waals surface area contributed by atoms with Crippen LogP contribution < -0.4 is 0 Å². The summed E-state index contributed by atoms with van der Waals surface area (Å²) < 4.78 is 5.19. The zero-order chi connectivity index (χ0) is 28.4. The zero-order valence-electron chi connectivity index (χ0n) is 21.9. The molecule has 0 fully saturated rings. The Morgan fingerprint density at radius 3 is 0.949 bits per heavy atom. The number of hydrogen-bond donors (Lipinski definition) is 2. The highest BCUT2D eigenvalue weighted by molar-refractivity contribution is 6.04. The van der Waals surface area contributed by atoms with Crippen molar-refractivity contribution in [3.05, 3.63) is 117 Å². The number of rotatable bonds is 6. The van der Waals surface area contributed by atoms with Crippen molar-refractivity contribution in [3.63, 3.8) is 0 Å². The first kappa shape index (κ1) is 27.0. The lowest BCUT2D eigenvalue weighted by Gasteiger charge is -2.11. The van der Waals surface area contributed by atoms with Crippen LogP contribution in [0.3, 0.4) is 0 Å². The number of ether oxygens (including phenoxy) is 1. The molecule has 0 aromatic heterocycles. The van der Waals surface area contributed by atoms with Gasteiger partial charge in [-0.15, -0.1) is 0 Å². The topological polar surface area (TPSA) is 118 Å². The van der Waals surface area contributed by atoms with Crippen LogP contribution in [0.15, 0.2) is 72.8 Å². The van der Waals surface area contributed by atoms with Crippen LogP contribution in [0.25, 0.3) is 22.3 Å². The minimum Gasteiger partial charge on any atom is -0.478 e. The van der Waals surface area contributed by atoms with Gasteiger partial charge in [-0.2, -0.15) is 0 Å². The van der Waals surface area contributed by atoms with E-state index in [1.165, 1.54) is 0 Å². The molecule has 0 spiro atoms. The van der Waals surface area contributed by atoms with Gasteiger partial charge < -0.3 is 14.9 Å². The van der Waals surface area contributed by atoms with Crippen LogP contribution in [0.4, 0.5) is 0 Å². The predicted octanol–water partition coefficient (Wildman–Crippen LogP) is 6.65. The standard InChI is InChI=1S/C32H26O7/c1-17-13-21(5-9-25(17)29(33)34)23-7-11-27(19(3)15-23)31(37)39-32(38)28-12-8-24(16-20(28)4)22-6-10-26(30(35)36)18(2)14-22/h5-16H,1-4H3,(H,33,34)(H,35,36). The Labute approximate surface area is 225 Å². The molecule has 0 heterocycles. The molecule has 0 aliphatic heterocycles. The molecule has 0 amide bonds. The van der Waals surface area contributed by atoms with E-state index >= 15 is 0 Å². The van der Waals surface area contributed by atoms with Crippen molar-refractivity contribution in [3.8, 4) is 22.3 Å². The molecule has 196 valence electrons. The molecule has 0 unspecified atom stereocenters. The summed E-state index contributed by atoms with van der Waals surface area (Å²) in [5.41, 5.74) is 6.62. The van der Waals surface area contributed by atoms with Crippen molar-refractivity contribution < 1.29 is 34.1 Å². The third-order valence-electron chi connectivity index (χ3n) is 6.66. The molecule has 4 aromatic rings. The van der Waals surface area contributed by atoms with E-state index in [0.29, 0.717) is 22.3 Å². The van der Waals surface area contributed by atoms with Crippen molar-refractivity contribution in [2.45, 2.75) is 27.7 Å². The van der Waals surface area contributed by atoms with E-state index in [1.54, 1.807) is 100 Å². The van der Waals surface area contributed by atoms with Crippen molar-refractivity contribution in [2.75, 3.05) is 0 Å². The smallest absolute Gasteiger partial charge is 0.346 e. The Hall–Kier alpha value is -5.04. The first-order valence-corrected chi connectivity index (χ1v) is 12.1. The second-order valence-corrected chi connectivity index (χ2v) is 9.41. The van der Waals surface area contributed by atoms with Gasteiger partial charge >= 0.3 is 23.9 Å². The van der Waals surface area contributed by atoms with Crippen LogP contribution in [0, 0.1) is 27.7 Å². The summed E-state index contributed by atoms with van der Waals surface area (Å²) in [4.78, 5) is 48.2. The van der Waals surface area contributed by atoms with Gasteiger partial charge in [0.15, 0.2) is 0 Å². The Bertz CT molecular complexity index is 1540. The van der Waals surface area contributed by atoms with Crippen molar-refractivity contribution >= 4 is 23.9 Å². The van der Waals surface area contributed by atoms with Gasteiger partial charge in [-0.3, -0.25) is 0 Å². The largest absolute Gasteiger partial charge is 0.478 e. The van der Waals surface area contributed by atoms with Gasteiger partial charge in [-0.05, 0) is 96.5 Å². The molecule has 0 radical (unpaired) electrons. The van der Waals surface area contributed by atoms with E-state index in [4.69, 9.17) is 4.74 Å². The predicted molar refractivity (Wildman–Crippen MR) is 146 cm³/mol. The second kappa shape index (κ2) is 10.8. The molecule has 0 saturated carbocycles. The van der Waals surface area contributed by atoms with E-state index in [9.17, 15) is 29.4 Å². The highest BCUT2D eigenvalue weighted by atomic mass is 16.6. The lowest BCUT2D eigenvalue weighted by atomic mass is 9.96. The van der Waals surface area contributed by atoms with Crippen LogP contribution in [-0.2, 0) is 4.74 Å². The maximum atomic E-state index is 12.8. The summed E-state index contributed by atoms with van der Waals surface area (Å²) in [6.45, 7) is 6.92. The van der Waals surface area contributed by atoms with E-state index in [2.05, 4.69) is 0 Å². The van der Waals surface area contributed by atoms with E-state index < -0.39 is 23.9 Å². The minimum atomic E-state index is -0.993. The number of hydrogen-bond acceptors (Lipinski definition) is 5. The van der Waals surface area contributed by atoms with Crippen LogP contribution >= 0.6 is 0 Å². The first-order chi connectivity index (χ1) is 18.5. The minimum absolute atomic E-state index is 0.226. The number of aromatic carboxylic acids is 2. The molecule has 0 saturated heterocycles. The molecule has 0 atom stereocenters. The van der Waals surface area contributed by atoms with Crippen LogP contribution in [-0.4, -0.2) is 34.1 Å². The molecule has 2 N–H and O–H groups in total. The molecule has 39 heavy (non-hydrogen) atoms. The fourth-order valence-corrected chi connectivity index (χ4v) is 4.51. The fraction of sp³-hybridized carbons (Fsp3) is 0.125. The molecule has 4 rings (SSSR count). The van der Waals surface area contributed by atoms with Gasteiger partial charge in [0.1, 0.15) is 0 Å². The Kier molecular flexibility index (Phi) is 7.44. The number of carbonyl (C=O) groups excluding carboxylic acids is 2. The molecule has 7 nitrogen and oxygen atoms in total. The molecule has 0 aliphatic carbocycles. The van der Waals surface area contributed by atoms with Gasteiger partial charge in [-0.1, -0.05) is 48.5 Å². The number of carboxylic acids is 2. The van der Waals surface area contributed by atoms with E-state index in [0.717, 1.165) is 22.3 Å². The molecule has 0 bridgehead atoms. The third kappa shape index (κ3) is 5.62. The van der Waals surface area contributed by atoms with E-state index in [-0.39, 0.29) is 22.3 Å². The zero-order valence-corrected chi connectivity index (χ0v) is 21.9. The number of carbonyl (C=O) groups is 4. The molecule has 7 heteroatoms. The average molecular weight is 523 g/mol. The summed E-state index contributed by atoms with van der Waals surface area (Å²) in [7, 11) is 0. The maximum Gasteiger partial charge on any atom is 0.346 e. The SMILES string of the molecule is Cc1cc(-c2ccc(C(=O)OC(=O)c3ccc(-c4ccc(C(=O)O)c(C)c4)cc3C)c(C)c2)ccc1C(=O)O. The quantitative estimate of drug-likeness (QED) is 0.215. The summed E-state index contributed by atoms with van der Waals surface area (Å²) in [5, 5.41) is 18.5. The van der Waals surface area contributed by atoms with Crippen molar-refractivity contribution in [2.24, 2.45) is 0 Å². The van der Waals surface area contributed by atoms with Crippen LogP contribution in [0.5, 0.6) is 0 Å². The summed E-state index contributed by atoms with van der Waals surface area (Å²) in [5.74, 6) is -3.53. The lowest BCUT2D eigenvalue weighted by Crippen LogP contribution is -2.15. The number of aryl methyl sites for hydroxylation is 4. The van der Waals surface area contributed by atoms with Gasteiger partial charge in [0.05, 0.1) is 22.3 Å². The average Bonchev–Trinajstić information content (AvgIpc) is 2.87. The highest BCUT2D eigenvalue weighted by Crippen LogP contribution is 2.27. The Morgan fingerprint density at radius 1 is 0.462 bits per heavy atom. The summed E-state index contributed by atoms with van der Waals surface area (Å²) >= 11 is 0. The molecule has 0 aliphatic rings. The van der Waals surface area contributed by atoms with Gasteiger partial charge in [0, 0.05) is 0 Å². The number of carboxylic acid groups (broad SMARTS) is 2. The monoisotopic (exact) mass is 522 g/mol. The normalized spacial score (nSPS) is 10.7. The van der Waals surface area contributed by atoms with Gasteiger partial charge in [0.25, 0.3) is 0 Å². The molecule has 4 aromatic carbocycles. The van der Waals surface area contributed by atoms with Crippen molar-refractivity contribution in [1.29, 1.82) is 0 Å². The first-order valence-electron chi connectivity index (χ1n) is 12.1. The Balaban J connectivity index is 1.51. The summed E-state index contributed by atoms with van der Waals surface area (Å²) in [6, 6.07) is 20.2. The second-order valence-electron chi connectivity index (χ2n) is 9.41. The maximum absolute atomic E-state index is 12.8. The third-order valence-corrected chi connectivity index (χ3v) is 6.66. The number of esters is 2. The fourth-order valence-electron chi connectivity index (χ4n) is 4.51. The lowest BCUT2D eigenvalue weighted by molar-refractivity contribution is 0.0395.